The molecule has 8 nitrogen and oxygen atoms in total. The lowest BCUT2D eigenvalue weighted by Crippen LogP contribution is -2.37. The Morgan fingerprint density at radius 1 is 1.04 bits per heavy atom. The van der Waals surface area contributed by atoms with Crippen LogP contribution in [0.5, 0.6) is 0 Å². The highest BCUT2D eigenvalue weighted by Crippen LogP contribution is 2.14. The molecular formula is C19H23N3O5. The highest BCUT2D eigenvalue weighted by Gasteiger charge is 2.18. The van der Waals surface area contributed by atoms with E-state index in [1.807, 2.05) is 6.07 Å². The molecule has 0 aliphatic carbocycles. The molecule has 0 unspecified atom stereocenters. The molecule has 0 N–H and O–H groups in total. The minimum atomic E-state index is -0.749. The molecule has 1 aromatic heterocycles. The monoisotopic (exact) mass is 373 g/mol. The molecule has 1 fully saturated rings. The number of likely N-dealkylation sites (tertiary alicyclic amines) is 1. The van der Waals surface area contributed by atoms with Crippen LogP contribution in [0.1, 0.15) is 32.1 Å². The molecule has 2 heterocycles. The van der Waals surface area contributed by atoms with Gasteiger partial charge in [-0.05, 0) is 25.0 Å². The van der Waals surface area contributed by atoms with E-state index < -0.39 is 18.3 Å². The number of carbonyl (C=O) groups excluding carboxylic acids is 2. The van der Waals surface area contributed by atoms with Crippen LogP contribution in [0.15, 0.2) is 39.5 Å². The van der Waals surface area contributed by atoms with E-state index in [2.05, 4.69) is 5.10 Å². The maximum absolute atomic E-state index is 12.2. The van der Waals surface area contributed by atoms with Gasteiger partial charge in [-0.3, -0.25) is 9.59 Å². The number of aromatic nitrogens is 2. The number of ether oxygens (including phenoxy) is 1. The van der Waals surface area contributed by atoms with Gasteiger partial charge in [0.05, 0.1) is 0 Å². The maximum atomic E-state index is 12.2. The summed E-state index contributed by atoms with van der Waals surface area (Å²) < 4.78 is 11.0. The number of esters is 1. The van der Waals surface area contributed by atoms with Gasteiger partial charge in [0.15, 0.2) is 6.61 Å². The van der Waals surface area contributed by atoms with Gasteiger partial charge in [0.1, 0.15) is 6.54 Å². The number of carbonyl (C=O) groups is 2. The highest BCUT2D eigenvalue weighted by atomic mass is 16.5. The molecule has 1 amide bonds. The third-order valence-corrected chi connectivity index (χ3v) is 4.47. The van der Waals surface area contributed by atoms with Crippen molar-refractivity contribution >= 4 is 11.9 Å². The SMILES string of the molecule is O=C(Cn1nc(-c2ccccc2)oc1=O)OCC(=O)N1CCCCCCC1. The normalized spacial score (nSPS) is 15.0. The van der Waals surface area contributed by atoms with Crippen LogP contribution in [0, 0.1) is 0 Å². The summed E-state index contributed by atoms with van der Waals surface area (Å²) in [5, 5.41) is 4.00. The van der Waals surface area contributed by atoms with Crippen molar-refractivity contribution in [2.75, 3.05) is 19.7 Å². The Kier molecular flexibility index (Phi) is 6.40. The van der Waals surface area contributed by atoms with Gasteiger partial charge in [0.2, 0.25) is 5.89 Å². The zero-order valence-corrected chi connectivity index (χ0v) is 15.1. The third kappa shape index (κ3) is 5.29. The van der Waals surface area contributed by atoms with Crippen molar-refractivity contribution in [1.29, 1.82) is 0 Å². The second-order valence-corrected chi connectivity index (χ2v) is 6.51. The molecule has 1 saturated heterocycles. The smallest absolute Gasteiger partial charge is 0.437 e. The topological polar surface area (TPSA) is 94.6 Å². The van der Waals surface area contributed by atoms with Crippen LogP contribution >= 0.6 is 0 Å². The van der Waals surface area contributed by atoms with Gasteiger partial charge >= 0.3 is 11.7 Å². The second-order valence-electron chi connectivity index (χ2n) is 6.51. The molecule has 0 radical (unpaired) electrons. The average Bonchev–Trinajstić information content (AvgIpc) is 3.01. The summed E-state index contributed by atoms with van der Waals surface area (Å²) in [5.74, 6) is -1.53. The van der Waals surface area contributed by atoms with Crippen molar-refractivity contribution < 1.29 is 18.7 Å². The first-order valence-corrected chi connectivity index (χ1v) is 9.20. The van der Waals surface area contributed by atoms with E-state index in [0.29, 0.717) is 18.7 Å². The lowest BCUT2D eigenvalue weighted by molar-refractivity contribution is -0.152. The van der Waals surface area contributed by atoms with Gasteiger partial charge in [0, 0.05) is 18.7 Å². The predicted molar refractivity (Wildman–Crippen MR) is 96.8 cm³/mol. The molecule has 1 aliphatic rings. The molecule has 1 aromatic carbocycles. The Bertz CT molecular complexity index is 819. The molecule has 1 aliphatic heterocycles. The fraction of sp³-hybridized carbons (Fsp3) is 0.474. The van der Waals surface area contributed by atoms with Crippen molar-refractivity contribution in [3.8, 4) is 11.5 Å². The van der Waals surface area contributed by atoms with Crippen molar-refractivity contribution in [2.45, 2.75) is 38.6 Å². The summed E-state index contributed by atoms with van der Waals surface area (Å²) in [7, 11) is 0. The van der Waals surface area contributed by atoms with Crippen LogP contribution < -0.4 is 5.76 Å². The minimum Gasteiger partial charge on any atom is -0.454 e. The molecule has 3 rings (SSSR count). The van der Waals surface area contributed by atoms with Crippen molar-refractivity contribution in [1.82, 2.24) is 14.7 Å². The summed E-state index contributed by atoms with van der Waals surface area (Å²) in [6.07, 6.45) is 5.37. The summed E-state index contributed by atoms with van der Waals surface area (Å²) >= 11 is 0. The number of hydrogen-bond acceptors (Lipinski definition) is 6. The second kappa shape index (κ2) is 9.16. The van der Waals surface area contributed by atoms with Crippen LogP contribution in [-0.2, 0) is 20.9 Å². The Hall–Kier alpha value is -2.90. The van der Waals surface area contributed by atoms with E-state index in [1.54, 1.807) is 29.2 Å². The third-order valence-electron chi connectivity index (χ3n) is 4.47. The number of nitrogens with zero attached hydrogens (tertiary/aromatic N) is 3. The first-order chi connectivity index (χ1) is 13.1. The molecule has 0 atom stereocenters. The van der Waals surface area contributed by atoms with E-state index in [0.717, 1.165) is 30.4 Å². The Morgan fingerprint density at radius 2 is 1.70 bits per heavy atom. The minimum absolute atomic E-state index is 0.130. The maximum Gasteiger partial charge on any atom is 0.437 e. The Labute approximate surface area is 156 Å². The summed E-state index contributed by atoms with van der Waals surface area (Å²) in [6.45, 7) is 0.665. The summed E-state index contributed by atoms with van der Waals surface area (Å²) in [4.78, 5) is 37.8. The number of amides is 1. The number of benzene rings is 1. The quantitative estimate of drug-likeness (QED) is 0.742. The fourth-order valence-electron chi connectivity index (χ4n) is 3.00. The number of rotatable bonds is 5. The zero-order chi connectivity index (χ0) is 19.1. The molecule has 27 heavy (non-hydrogen) atoms. The first kappa shape index (κ1) is 18.9. The van der Waals surface area contributed by atoms with E-state index in [4.69, 9.17) is 9.15 Å². The molecule has 0 saturated carbocycles. The van der Waals surface area contributed by atoms with E-state index in [9.17, 15) is 14.4 Å². The average molecular weight is 373 g/mol. The Morgan fingerprint density at radius 3 is 2.41 bits per heavy atom. The zero-order valence-electron chi connectivity index (χ0n) is 15.1. The lowest BCUT2D eigenvalue weighted by atomic mass is 10.1. The molecule has 0 spiro atoms. The largest absolute Gasteiger partial charge is 0.454 e. The molecule has 8 heteroatoms. The highest BCUT2D eigenvalue weighted by molar-refractivity contribution is 5.80. The standard InChI is InChI=1S/C19H23N3O5/c23-16(21-11-7-2-1-3-8-12-21)14-26-17(24)13-22-19(25)27-18(20-22)15-9-5-4-6-10-15/h4-6,9-10H,1-3,7-8,11-14H2. The molecular weight excluding hydrogens is 350 g/mol. The fourth-order valence-corrected chi connectivity index (χ4v) is 3.00. The van der Waals surface area contributed by atoms with Crippen LogP contribution in [0.2, 0.25) is 0 Å². The van der Waals surface area contributed by atoms with Crippen molar-refractivity contribution in [3.05, 3.63) is 40.9 Å². The number of hydrogen-bond donors (Lipinski definition) is 0. The van der Waals surface area contributed by atoms with E-state index in [-0.39, 0.29) is 18.4 Å². The van der Waals surface area contributed by atoms with Gasteiger partial charge in [0.25, 0.3) is 5.91 Å². The van der Waals surface area contributed by atoms with Gasteiger partial charge in [-0.25, -0.2) is 4.79 Å². The molecule has 2 aromatic rings. The predicted octanol–water partition coefficient (Wildman–Crippen LogP) is 1.84. The van der Waals surface area contributed by atoms with Crippen LogP contribution in [0.25, 0.3) is 11.5 Å². The Balaban J connectivity index is 1.53. The van der Waals surface area contributed by atoms with Crippen molar-refractivity contribution in [2.24, 2.45) is 0 Å². The van der Waals surface area contributed by atoms with Gasteiger partial charge in [-0.1, -0.05) is 37.5 Å². The van der Waals surface area contributed by atoms with Gasteiger partial charge in [-0.15, -0.1) is 5.10 Å². The lowest BCUT2D eigenvalue weighted by Gasteiger charge is -2.24. The van der Waals surface area contributed by atoms with Gasteiger partial charge in [-0.2, -0.15) is 4.68 Å². The van der Waals surface area contributed by atoms with Crippen molar-refractivity contribution in [3.63, 3.8) is 0 Å². The van der Waals surface area contributed by atoms with Crippen LogP contribution in [0.3, 0.4) is 0 Å². The summed E-state index contributed by atoms with van der Waals surface area (Å²) in [5.41, 5.74) is 0.633. The van der Waals surface area contributed by atoms with E-state index >= 15 is 0 Å². The summed E-state index contributed by atoms with van der Waals surface area (Å²) in [6, 6.07) is 8.91. The van der Waals surface area contributed by atoms with E-state index in [1.165, 1.54) is 6.42 Å². The van der Waals surface area contributed by atoms with Crippen LogP contribution in [0.4, 0.5) is 0 Å². The first-order valence-electron chi connectivity index (χ1n) is 9.20. The molecule has 0 bridgehead atoms. The van der Waals surface area contributed by atoms with Crippen LogP contribution in [-0.4, -0.2) is 46.3 Å². The van der Waals surface area contributed by atoms with Gasteiger partial charge < -0.3 is 14.1 Å². The molecule has 144 valence electrons.